The molecule has 0 saturated carbocycles. The van der Waals surface area contributed by atoms with Gasteiger partial charge in [-0.1, -0.05) is 48.9 Å². The van der Waals surface area contributed by atoms with Crippen molar-refractivity contribution in [1.82, 2.24) is 10.3 Å². The van der Waals surface area contributed by atoms with Crippen LogP contribution >= 0.6 is 11.6 Å². The Morgan fingerprint density at radius 1 is 1.32 bits per heavy atom. The van der Waals surface area contributed by atoms with E-state index in [0.717, 1.165) is 12.0 Å². The van der Waals surface area contributed by atoms with Crippen LogP contribution in [-0.4, -0.2) is 10.9 Å². The second kappa shape index (κ2) is 8.01. The first kappa shape index (κ1) is 15.8. The van der Waals surface area contributed by atoms with Gasteiger partial charge < -0.3 is 10.6 Å². The first-order valence-electron chi connectivity index (χ1n) is 6.90. The highest BCUT2D eigenvalue weighted by Gasteiger charge is 2.12. The van der Waals surface area contributed by atoms with E-state index >= 15 is 0 Å². The van der Waals surface area contributed by atoms with E-state index in [9.17, 15) is 0 Å². The lowest BCUT2D eigenvalue weighted by molar-refractivity contribution is 0.624. The molecule has 2 rings (SSSR count). The molecule has 2 aromatic rings. The Morgan fingerprint density at radius 2 is 2.09 bits per heavy atom. The molecule has 0 fully saturated rings. The third-order valence-corrected chi connectivity index (χ3v) is 3.40. The third-order valence-electron chi connectivity index (χ3n) is 3.10. The lowest BCUT2D eigenvalue weighted by Crippen LogP contribution is -2.34. The van der Waals surface area contributed by atoms with E-state index in [1.807, 2.05) is 30.3 Å². The summed E-state index contributed by atoms with van der Waals surface area (Å²) in [6.45, 7) is 2.06. The summed E-state index contributed by atoms with van der Waals surface area (Å²) in [5.74, 6) is 0.341. The van der Waals surface area contributed by atoms with Crippen LogP contribution in [0.15, 0.2) is 53.7 Å². The molecule has 6 heteroatoms. The van der Waals surface area contributed by atoms with Crippen molar-refractivity contribution < 1.29 is 0 Å². The fourth-order valence-electron chi connectivity index (χ4n) is 2.02. The number of nitrogens with zero attached hydrogens (tertiary/aromatic N) is 3. The van der Waals surface area contributed by atoms with Crippen molar-refractivity contribution in [3.05, 3.63) is 59.4 Å². The van der Waals surface area contributed by atoms with Gasteiger partial charge in [-0.15, -0.1) is 4.99 Å². The summed E-state index contributed by atoms with van der Waals surface area (Å²) in [6, 6.07) is 13.5. The minimum Gasteiger partial charge on any atom is -0.348 e. The van der Waals surface area contributed by atoms with Crippen LogP contribution in [0.1, 0.15) is 24.9 Å². The van der Waals surface area contributed by atoms with Gasteiger partial charge in [0.25, 0.3) is 0 Å². The third kappa shape index (κ3) is 4.21. The number of aliphatic imine (C=N–C) groups is 1. The molecule has 0 spiro atoms. The summed E-state index contributed by atoms with van der Waals surface area (Å²) in [5.41, 5.74) is 1.71. The van der Waals surface area contributed by atoms with Crippen molar-refractivity contribution in [2.75, 3.05) is 5.32 Å². The molecule has 112 valence electrons. The smallest absolute Gasteiger partial charge is 0.212 e. The van der Waals surface area contributed by atoms with Gasteiger partial charge in [-0.05, 0) is 24.1 Å². The van der Waals surface area contributed by atoms with Crippen molar-refractivity contribution in [3.63, 3.8) is 0 Å². The monoisotopic (exact) mass is 313 g/mol. The van der Waals surface area contributed by atoms with Crippen LogP contribution in [0.2, 0.25) is 5.15 Å². The van der Waals surface area contributed by atoms with E-state index in [4.69, 9.17) is 16.9 Å². The van der Waals surface area contributed by atoms with Gasteiger partial charge in [0.2, 0.25) is 12.2 Å². The number of hydrogen-bond donors (Lipinski definition) is 2. The molecule has 0 radical (unpaired) electrons. The second-order valence-corrected chi connectivity index (χ2v) is 4.90. The minimum atomic E-state index is 0.0382. The number of aromatic nitrogens is 1. The van der Waals surface area contributed by atoms with Crippen LogP contribution in [0.4, 0.5) is 5.69 Å². The Balaban J connectivity index is 2.17. The zero-order valence-corrected chi connectivity index (χ0v) is 12.9. The van der Waals surface area contributed by atoms with Crippen molar-refractivity contribution >= 4 is 23.2 Å². The highest BCUT2D eigenvalue weighted by molar-refractivity contribution is 6.32. The molecule has 22 heavy (non-hydrogen) atoms. The number of guanidine groups is 1. The lowest BCUT2D eigenvalue weighted by Gasteiger charge is -2.20. The van der Waals surface area contributed by atoms with Crippen LogP contribution in [0.5, 0.6) is 0 Å². The van der Waals surface area contributed by atoms with E-state index in [1.54, 1.807) is 24.5 Å². The van der Waals surface area contributed by atoms with E-state index in [2.05, 4.69) is 27.5 Å². The molecule has 0 amide bonds. The lowest BCUT2D eigenvalue weighted by atomic mass is 10.1. The van der Waals surface area contributed by atoms with Crippen molar-refractivity contribution in [2.45, 2.75) is 19.4 Å². The maximum atomic E-state index is 8.87. The zero-order valence-electron chi connectivity index (χ0n) is 12.1. The minimum absolute atomic E-state index is 0.0382. The molecule has 0 aliphatic rings. The van der Waals surface area contributed by atoms with Crippen LogP contribution in [0.3, 0.4) is 0 Å². The van der Waals surface area contributed by atoms with Crippen molar-refractivity contribution in [1.29, 1.82) is 5.26 Å². The Bertz CT molecular complexity index is 678. The largest absolute Gasteiger partial charge is 0.348 e. The van der Waals surface area contributed by atoms with Gasteiger partial charge in [0.05, 0.1) is 11.7 Å². The predicted molar refractivity (Wildman–Crippen MR) is 88.5 cm³/mol. The highest BCUT2D eigenvalue weighted by Crippen LogP contribution is 2.19. The number of hydrogen-bond acceptors (Lipinski definition) is 3. The number of rotatable bonds is 4. The van der Waals surface area contributed by atoms with Crippen LogP contribution in [-0.2, 0) is 0 Å². The zero-order chi connectivity index (χ0) is 15.8. The number of halogens is 1. The first-order chi connectivity index (χ1) is 10.7. The van der Waals surface area contributed by atoms with E-state index in [-0.39, 0.29) is 6.04 Å². The first-order valence-corrected chi connectivity index (χ1v) is 7.28. The molecule has 1 heterocycles. The van der Waals surface area contributed by atoms with Gasteiger partial charge in [-0.3, -0.25) is 0 Å². The molecular weight excluding hydrogens is 298 g/mol. The molecule has 1 aromatic carbocycles. The van der Waals surface area contributed by atoms with Gasteiger partial charge in [-0.25, -0.2) is 4.98 Å². The number of pyridine rings is 1. The molecule has 0 aliphatic carbocycles. The van der Waals surface area contributed by atoms with Crippen molar-refractivity contribution in [2.24, 2.45) is 4.99 Å². The normalized spacial score (nSPS) is 12.3. The Hall–Kier alpha value is -2.58. The Kier molecular flexibility index (Phi) is 5.75. The summed E-state index contributed by atoms with van der Waals surface area (Å²) in [7, 11) is 0. The quantitative estimate of drug-likeness (QED) is 0.390. The van der Waals surface area contributed by atoms with Crippen LogP contribution < -0.4 is 10.6 Å². The topological polar surface area (TPSA) is 73.1 Å². The maximum absolute atomic E-state index is 8.87. The van der Waals surface area contributed by atoms with Gasteiger partial charge in [0.15, 0.2) is 5.15 Å². The fourth-order valence-corrected chi connectivity index (χ4v) is 2.19. The summed E-state index contributed by atoms with van der Waals surface area (Å²) in [4.78, 5) is 7.77. The number of nitrogens with one attached hydrogen (secondary N) is 2. The predicted octanol–water partition coefficient (Wildman–Crippen LogP) is 3.72. The molecule has 0 saturated heterocycles. The molecule has 1 aromatic heterocycles. The number of anilines is 1. The SMILES string of the molecule is CC[C@@H](N/C(=N/C#N)Nc1cccnc1Cl)c1ccccc1. The Morgan fingerprint density at radius 3 is 2.73 bits per heavy atom. The summed E-state index contributed by atoms with van der Waals surface area (Å²) < 4.78 is 0. The van der Waals surface area contributed by atoms with Crippen molar-refractivity contribution in [3.8, 4) is 6.19 Å². The Labute approximate surface area is 134 Å². The molecule has 2 N–H and O–H groups in total. The van der Waals surface area contributed by atoms with Gasteiger partial charge in [0.1, 0.15) is 0 Å². The van der Waals surface area contributed by atoms with Crippen LogP contribution in [0, 0.1) is 11.5 Å². The standard InChI is InChI=1S/C16H16ClN5/c1-2-13(12-7-4-3-5-8-12)21-16(20-11-18)22-14-9-6-10-19-15(14)17/h3-10,13H,2H2,1H3,(H2,20,21,22)/t13-/m1/s1. The van der Waals surface area contributed by atoms with Gasteiger partial charge >= 0.3 is 0 Å². The molecule has 0 aliphatic heterocycles. The summed E-state index contributed by atoms with van der Waals surface area (Å²) in [5, 5.41) is 15.4. The molecule has 5 nitrogen and oxygen atoms in total. The maximum Gasteiger partial charge on any atom is 0.212 e. The second-order valence-electron chi connectivity index (χ2n) is 4.54. The summed E-state index contributed by atoms with van der Waals surface area (Å²) in [6.07, 6.45) is 4.23. The van der Waals surface area contributed by atoms with E-state index < -0.39 is 0 Å². The van der Waals surface area contributed by atoms with Crippen LogP contribution in [0.25, 0.3) is 0 Å². The number of benzene rings is 1. The molecular formula is C16H16ClN5. The number of nitriles is 1. The van der Waals surface area contributed by atoms with Gasteiger partial charge in [0, 0.05) is 6.20 Å². The molecule has 1 atom stereocenters. The van der Waals surface area contributed by atoms with E-state index in [0.29, 0.717) is 16.8 Å². The molecule has 0 bridgehead atoms. The fraction of sp³-hybridized carbons (Fsp3) is 0.188. The molecule has 0 unspecified atom stereocenters. The van der Waals surface area contributed by atoms with E-state index in [1.165, 1.54) is 0 Å². The summed E-state index contributed by atoms with van der Waals surface area (Å²) >= 11 is 6.02. The average molecular weight is 314 g/mol. The highest BCUT2D eigenvalue weighted by atomic mass is 35.5. The average Bonchev–Trinajstić information content (AvgIpc) is 2.55. The van der Waals surface area contributed by atoms with Gasteiger partial charge in [-0.2, -0.15) is 5.26 Å².